The molecule has 0 aliphatic carbocycles. The average molecular weight is 382 g/mol. The number of para-hydroxylation sites is 2. The molecule has 2 N–H and O–H groups in total. The van der Waals surface area contributed by atoms with Crippen molar-refractivity contribution >= 4 is 40.2 Å². The van der Waals surface area contributed by atoms with Crippen molar-refractivity contribution in [2.75, 3.05) is 10.7 Å². The number of rotatable bonds is 4. The topological polar surface area (TPSA) is 85.0 Å². The van der Waals surface area contributed by atoms with Gasteiger partial charge >= 0.3 is 5.76 Å². The van der Waals surface area contributed by atoms with Gasteiger partial charge in [0.25, 0.3) is 0 Å². The van der Waals surface area contributed by atoms with Crippen LogP contribution in [0.15, 0.2) is 57.9 Å². The Kier molecular flexibility index (Phi) is 4.29. The second-order valence-electron chi connectivity index (χ2n) is 6.12. The van der Waals surface area contributed by atoms with E-state index in [9.17, 15) is 4.79 Å². The summed E-state index contributed by atoms with van der Waals surface area (Å²) in [4.78, 5) is 20.9. The molecular weight excluding hydrogens is 366 g/mol. The zero-order chi connectivity index (χ0) is 19.0. The van der Waals surface area contributed by atoms with Gasteiger partial charge in [0.15, 0.2) is 11.4 Å². The van der Waals surface area contributed by atoms with Gasteiger partial charge in [-0.2, -0.15) is 9.66 Å². The van der Waals surface area contributed by atoms with Gasteiger partial charge in [-0.1, -0.05) is 29.8 Å². The van der Waals surface area contributed by atoms with Crippen LogP contribution in [0.2, 0.25) is 5.02 Å². The molecule has 0 aliphatic heterocycles. The molecule has 0 atom stereocenters. The fraction of sp³-hybridized carbons (Fsp3) is 0.105. The summed E-state index contributed by atoms with van der Waals surface area (Å²) in [5.74, 6) is 0.312. The number of nitrogens with zero attached hydrogens (tertiary/aromatic N) is 3. The Hall–Kier alpha value is -3.32. The third-order valence-corrected chi connectivity index (χ3v) is 4.37. The van der Waals surface area contributed by atoms with Gasteiger partial charge in [0, 0.05) is 11.8 Å². The van der Waals surface area contributed by atoms with E-state index in [0.29, 0.717) is 33.6 Å². The van der Waals surface area contributed by atoms with Gasteiger partial charge in [0.05, 0.1) is 10.7 Å². The average Bonchev–Trinajstić information content (AvgIpc) is 2.96. The molecule has 0 saturated heterocycles. The first-order valence-corrected chi connectivity index (χ1v) is 8.63. The van der Waals surface area contributed by atoms with Gasteiger partial charge in [0.2, 0.25) is 5.95 Å². The highest BCUT2D eigenvalue weighted by atomic mass is 35.5. The van der Waals surface area contributed by atoms with E-state index in [1.54, 1.807) is 24.4 Å². The largest absolute Gasteiger partial charge is 0.439 e. The lowest BCUT2D eigenvalue weighted by molar-refractivity contribution is 0.532. The van der Waals surface area contributed by atoms with Crippen LogP contribution in [0.5, 0.6) is 0 Å². The molecule has 0 amide bonds. The fourth-order valence-corrected chi connectivity index (χ4v) is 2.81. The highest BCUT2D eigenvalue weighted by molar-refractivity contribution is 6.33. The maximum absolute atomic E-state index is 12.2. The molecule has 0 radical (unpaired) electrons. The monoisotopic (exact) mass is 381 g/mol. The Morgan fingerprint density at radius 3 is 2.81 bits per heavy atom. The van der Waals surface area contributed by atoms with Crippen molar-refractivity contribution in [2.24, 2.45) is 0 Å². The summed E-state index contributed by atoms with van der Waals surface area (Å²) in [5.41, 5.74) is 6.65. The van der Waals surface area contributed by atoms with Crippen LogP contribution in [0.4, 0.5) is 17.5 Å². The molecule has 0 aliphatic rings. The lowest BCUT2D eigenvalue weighted by Crippen LogP contribution is -2.23. The summed E-state index contributed by atoms with van der Waals surface area (Å²) in [6.45, 7) is 3.82. The van der Waals surface area contributed by atoms with E-state index >= 15 is 0 Å². The number of nitrogens with one attached hydrogen (secondary N) is 2. The third-order valence-electron chi connectivity index (χ3n) is 4.04. The summed E-state index contributed by atoms with van der Waals surface area (Å²) in [6.07, 6.45) is 1.66. The predicted molar refractivity (Wildman–Crippen MR) is 106 cm³/mol. The van der Waals surface area contributed by atoms with E-state index < -0.39 is 5.76 Å². The first-order valence-electron chi connectivity index (χ1n) is 8.26. The quantitative estimate of drug-likeness (QED) is 0.549. The molecule has 27 heavy (non-hydrogen) atoms. The van der Waals surface area contributed by atoms with Crippen molar-refractivity contribution in [1.29, 1.82) is 0 Å². The second kappa shape index (κ2) is 6.77. The molecule has 7 nitrogen and oxygen atoms in total. The maximum atomic E-state index is 12.2. The lowest BCUT2D eigenvalue weighted by Gasteiger charge is -2.12. The van der Waals surface area contributed by atoms with Gasteiger partial charge in [-0.25, -0.2) is 9.78 Å². The van der Waals surface area contributed by atoms with Crippen LogP contribution in [0, 0.1) is 13.8 Å². The number of aryl methyl sites for hydroxylation is 2. The van der Waals surface area contributed by atoms with Crippen LogP contribution in [-0.2, 0) is 0 Å². The minimum absolute atomic E-state index is 0.358. The first kappa shape index (κ1) is 17.1. The molecule has 4 aromatic rings. The number of benzene rings is 2. The Labute approximate surface area is 159 Å². The zero-order valence-corrected chi connectivity index (χ0v) is 15.4. The highest BCUT2D eigenvalue weighted by Gasteiger charge is 2.12. The molecule has 2 heterocycles. The number of hydrogen-bond acceptors (Lipinski definition) is 6. The fourth-order valence-electron chi connectivity index (χ4n) is 2.65. The molecule has 0 spiro atoms. The van der Waals surface area contributed by atoms with Gasteiger partial charge in [-0.3, -0.25) is 5.43 Å². The minimum atomic E-state index is -0.523. The standard InChI is InChI=1S/C19H16ClN5O2/c1-11-7-8-13(20)14(9-11)22-18-21-10-12(2)17(23-18)24-25-15-5-3-4-6-16(15)27-19(25)26/h3-10H,1-2H3,(H2,21,22,23,24). The summed E-state index contributed by atoms with van der Waals surface area (Å²) >= 11 is 6.23. The number of hydrogen-bond donors (Lipinski definition) is 2. The van der Waals surface area contributed by atoms with Gasteiger partial charge in [0.1, 0.15) is 5.52 Å². The number of anilines is 3. The Morgan fingerprint density at radius 1 is 1.15 bits per heavy atom. The van der Waals surface area contributed by atoms with E-state index in [1.807, 2.05) is 38.1 Å². The lowest BCUT2D eigenvalue weighted by atomic mass is 10.2. The van der Waals surface area contributed by atoms with Gasteiger partial charge in [-0.05, 0) is 43.7 Å². The summed E-state index contributed by atoms with van der Waals surface area (Å²) < 4.78 is 6.55. The van der Waals surface area contributed by atoms with Crippen molar-refractivity contribution in [3.63, 3.8) is 0 Å². The first-order chi connectivity index (χ1) is 13.0. The number of aromatic nitrogens is 3. The van der Waals surface area contributed by atoms with E-state index in [-0.39, 0.29) is 0 Å². The summed E-state index contributed by atoms with van der Waals surface area (Å²) in [7, 11) is 0. The van der Waals surface area contributed by atoms with Gasteiger partial charge < -0.3 is 9.73 Å². The zero-order valence-electron chi connectivity index (χ0n) is 14.7. The normalized spacial score (nSPS) is 10.9. The number of fused-ring (bicyclic) bond motifs is 1. The molecular formula is C19H16ClN5O2. The van der Waals surface area contributed by atoms with Crippen molar-refractivity contribution in [2.45, 2.75) is 13.8 Å². The Morgan fingerprint density at radius 2 is 1.96 bits per heavy atom. The van der Waals surface area contributed by atoms with Gasteiger partial charge in [-0.15, -0.1) is 0 Å². The number of halogens is 1. The maximum Gasteiger partial charge on any atom is 0.439 e. The SMILES string of the molecule is Cc1ccc(Cl)c(Nc2ncc(C)c(Nn3c(=O)oc4ccccc43)n2)c1. The molecule has 0 unspecified atom stereocenters. The van der Waals surface area contributed by atoms with E-state index in [1.165, 1.54) is 4.68 Å². The van der Waals surface area contributed by atoms with E-state index in [0.717, 1.165) is 11.1 Å². The molecule has 0 bridgehead atoms. The van der Waals surface area contributed by atoms with Crippen molar-refractivity contribution in [3.8, 4) is 0 Å². The van der Waals surface area contributed by atoms with Crippen LogP contribution >= 0.6 is 11.6 Å². The molecule has 136 valence electrons. The van der Waals surface area contributed by atoms with Crippen molar-refractivity contribution in [3.05, 3.63) is 75.4 Å². The second-order valence-corrected chi connectivity index (χ2v) is 6.52. The van der Waals surface area contributed by atoms with Crippen LogP contribution in [-0.4, -0.2) is 14.6 Å². The van der Waals surface area contributed by atoms with Crippen molar-refractivity contribution < 1.29 is 4.42 Å². The Balaban J connectivity index is 1.69. The van der Waals surface area contributed by atoms with E-state index in [2.05, 4.69) is 20.7 Å². The molecule has 2 aromatic carbocycles. The predicted octanol–water partition coefficient (Wildman–Crippen LogP) is 4.27. The summed E-state index contributed by atoms with van der Waals surface area (Å²) in [6, 6.07) is 12.8. The van der Waals surface area contributed by atoms with Crippen LogP contribution in [0.3, 0.4) is 0 Å². The van der Waals surface area contributed by atoms with Crippen LogP contribution in [0.25, 0.3) is 11.1 Å². The Bertz CT molecular complexity index is 1200. The molecule has 0 fully saturated rings. The highest BCUT2D eigenvalue weighted by Crippen LogP contribution is 2.26. The molecule has 2 aromatic heterocycles. The van der Waals surface area contributed by atoms with E-state index in [4.69, 9.17) is 16.0 Å². The smallest absolute Gasteiger partial charge is 0.406 e. The molecule has 0 saturated carbocycles. The minimum Gasteiger partial charge on any atom is -0.406 e. The third kappa shape index (κ3) is 3.37. The van der Waals surface area contributed by atoms with Crippen LogP contribution in [0.1, 0.15) is 11.1 Å². The summed E-state index contributed by atoms with van der Waals surface area (Å²) in [5, 5.41) is 3.67. The molecule has 8 heteroatoms. The van der Waals surface area contributed by atoms with Crippen molar-refractivity contribution in [1.82, 2.24) is 14.6 Å². The molecule has 4 rings (SSSR count). The van der Waals surface area contributed by atoms with Crippen LogP contribution < -0.4 is 16.5 Å². The number of oxazole rings is 1.